The van der Waals surface area contributed by atoms with Crippen molar-refractivity contribution in [1.29, 1.82) is 0 Å². The Balaban J connectivity index is 2.67. The summed E-state index contributed by atoms with van der Waals surface area (Å²) in [7, 11) is 0. The van der Waals surface area contributed by atoms with E-state index in [9.17, 15) is 4.79 Å². The molecule has 1 aromatic rings. The van der Waals surface area contributed by atoms with Crippen LogP contribution < -0.4 is 5.32 Å². The second kappa shape index (κ2) is 5.34. The minimum atomic E-state index is -0.948. The van der Waals surface area contributed by atoms with Crippen molar-refractivity contribution >= 4 is 11.8 Å². The fourth-order valence-corrected chi connectivity index (χ4v) is 1.31. The van der Waals surface area contributed by atoms with E-state index in [1.165, 1.54) is 6.20 Å². The summed E-state index contributed by atoms with van der Waals surface area (Å²) in [5.74, 6) is -0.217. The van der Waals surface area contributed by atoms with Gasteiger partial charge in [0.2, 0.25) is 0 Å². The summed E-state index contributed by atoms with van der Waals surface area (Å²) < 4.78 is 0. The Bertz CT molecular complexity index is 318. The molecule has 4 heteroatoms. The predicted molar refractivity (Wildman–Crippen MR) is 59.2 cm³/mol. The second-order valence-corrected chi connectivity index (χ2v) is 3.40. The summed E-state index contributed by atoms with van der Waals surface area (Å²) in [5, 5.41) is 11.9. The molecule has 1 aromatic heterocycles. The molecule has 0 bridgehead atoms. The number of aromatic carboxylic acids is 1. The quantitative estimate of drug-likeness (QED) is 0.779. The minimum absolute atomic E-state index is 0.213. The number of hydrogen-bond donors (Lipinski definition) is 2. The van der Waals surface area contributed by atoms with E-state index >= 15 is 0 Å². The largest absolute Gasteiger partial charge is 0.478 e. The summed E-state index contributed by atoms with van der Waals surface area (Å²) in [6.45, 7) is 4.21. The first-order valence-electron chi connectivity index (χ1n) is 5.13. The van der Waals surface area contributed by atoms with Crippen LogP contribution in [0.15, 0.2) is 18.3 Å². The van der Waals surface area contributed by atoms with Crippen LogP contribution in [0.4, 0.5) is 5.82 Å². The van der Waals surface area contributed by atoms with Gasteiger partial charge >= 0.3 is 5.97 Å². The Hall–Kier alpha value is -1.58. The maximum atomic E-state index is 10.6. The van der Waals surface area contributed by atoms with Gasteiger partial charge in [-0.2, -0.15) is 0 Å². The summed E-state index contributed by atoms with van der Waals surface area (Å²) in [6.07, 6.45) is 3.42. The number of carbonyl (C=O) groups is 1. The second-order valence-electron chi connectivity index (χ2n) is 3.40. The van der Waals surface area contributed by atoms with E-state index in [4.69, 9.17) is 5.11 Å². The van der Waals surface area contributed by atoms with E-state index in [-0.39, 0.29) is 5.56 Å². The van der Waals surface area contributed by atoms with Crippen molar-refractivity contribution in [2.75, 3.05) is 5.32 Å². The molecule has 0 aliphatic carbocycles. The van der Waals surface area contributed by atoms with Crippen LogP contribution in [0.25, 0.3) is 0 Å². The zero-order valence-corrected chi connectivity index (χ0v) is 9.03. The van der Waals surface area contributed by atoms with Crippen LogP contribution in [0.3, 0.4) is 0 Å². The van der Waals surface area contributed by atoms with Gasteiger partial charge in [-0.05, 0) is 25.0 Å². The van der Waals surface area contributed by atoms with E-state index in [1.54, 1.807) is 12.1 Å². The molecule has 1 rings (SSSR count). The predicted octanol–water partition coefficient (Wildman–Crippen LogP) is 2.38. The molecule has 0 saturated carbocycles. The molecule has 0 saturated heterocycles. The topological polar surface area (TPSA) is 62.2 Å². The molecule has 0 unspecified atom stereocenters. The van der Waals surface area contributed by atoms with Gasteiger partial charge in [-0.15, -0.1) is 0 Å². The number of hydrogen-bond acceptors (Lipinski definition) is 3. The first kappa shape index (κ1) is 11.5. The Morgan fingerprint density at radius 1 is 1.47 bits per heavy atom. The summed E-state index contributed by atoms with van der Waals surface area (Å²) in [4.78, 5) is 14.6. The molecule has 1 heterocycles. The molecule has 0 radical (unpaired) electrons. The molecule has 2 N–H and O–H groups in total. The lowest BCUT2D eigenvalue weighted by molar-refractivity contribution is 0.0696. The SMILES string of the molecule is CCC(CC)Nc1ccc(C(=O)O)cn1. The monoisotopic (exact) mass is 208 g/mol. The Kier molecular flexibility index (Phi) is 4.09. The highest BCUT2D eigenvalue weighted by Crippen LogP contribution is 2.09. The first-order chi connectivity index (χ1) is 7.17. The third-order valence-corrected chi connectivity index (χ3v) is 2.35. The highest BCUT2D eigenvalue weighted by molar-refractivity contribution is 5.87. The first-order valence-corrected chi connectivity index (χ1v) is 5.13. The summed E-state index contributed by atoms with van der Waals surface area (Å²) >= 11 is 0. The van der Waals surface area contributed by atoms with Gasteiger partial charge in [0.25, 0.3) is 0 Å². The van der Waals surface area contributed by atoms with Crippen molar-refractivity contribution in [3.8, 4) is 0 Å². The number of anilines is 1. The summed E-state index contributed by atoms with van der Waals surface area (Å²) in [6, 6.07) is 3.65. The Labute approximate surface area is 89.3 Å². The standard InChI is InChI=1S/C11H16N2O2/c1-3-9(4-2)13-10-6-5-8(7-12-10)11(14)15/h5-7,9H,3-4H2,1-2H3,(H,12,13)(H,14,15). The number of nitrogens with one attached hydrogen (secondary N) is 1. The van der Waals surface area contributed by atoms with Crippen LogP contribution in [0.2, 0.25) is 0 Å². The van der Waals surface area contributed by atoms with Gasteiger partial charge in [0.15, 0.2) is 0 Å². The number of rotatable bonds is 5. The van der Waals surface area contributed by atoms with E-state index < -0.39 is 5.97 Å². The molecule has 0 spiro atoms. The van der Waals surface area contributed by atoms with Gasteiger partial charge in [-0.3, -0.25) is 0 Å². The highest BCUT2D eigenvalue weighted by atomic mass is 16.4. The number of pyridine rings is 1. The lowest BCUT2D eigenvalue weighted by atomic mass is 10.2. The van der Waals surface area contributed by atoms with Crippen LogP contribution in [0.5, 0.6) is 0 Å². The van der Waals surface area contributed by atoms with Crippen molar-refractivity contribution in [3.63, 3.8) is 0 Å². The maximum absolute atomic E-state index is 10.6. The molecule has 0 atom stereocenters. The van der Waals surface area contributed by atoms with Crippen molar-refractivity contribution in [2.45, 2.75) is 32.7 Å². The molecular weight excluding hydrogens is 192 g/mol. The zero-order chi connectivity index (χ0) is 11.3. The van der Waals surface area contributed by atoms with Gasteiger partial charge in [0.1, 0.15) is 5.82 Å². The lowest BCUT2D eigenvalue weighted by Gasteiger charge is -2.14. The van der Waals surface area contributed by atoms with Gasteiger partial charge in [-0.25, -0.2) is 9.78 Å². The Morgan fingerprint density at radius 2 is 2.13 bits per heavy atom. The van der Waals surface area contributed by atoms with Crippen molar-refractivity contribution in [1.82, 2.24) is 4.98 Å². The van der Waals surface area contributed by atoms with Crippen LogP contribution in [-0.4, -0.2) is 22.1 Å². The minimum Gasteiger partial charge on any atom is -0.478 e. The van der Waals surface area contributed by atoms with Gasteiger partial charge in [0, 0.05) is 12.2 Å². The van der Waals surface area contributed by atoms with E-state index in [2.05, 4.69) is 24.1 Å². The molecule has 4 nitrogen and oxygen atoms in total. The normalized spacial score (nSPS) is 10.3. The van der Waals surface area contributed by atoms with Crippen LogP contribution >= 0.6 is 0 Å². The molecule has 82 valence electrons. The number of carboxylic acid groups (broad SMARTS) is 1. The van der Waals surface area contributed by atoms with Crippen molar-refractivity contribution in [3.05, 3.63) is 23.9 Å². The van der Waals surface area contributed by atoms with E-state index in [0.717, 1.165) is 18.7 Å². The fourth-order valence-electron chi connectivity index (χ4n) is 1.31. The lowest BCUT2D eigenvalue weighted by Crippen LogP contribution is -2.17. The maximum Gasteiger partial charge on any atom is 0.337 e. The Morgan fingerprint density at radius 3 is 2.53 bits per heavy atom. The van der Waals surface area contributed by atoms with Crippen LogP contribution in [0.1, 0.15) is 37.0 Å². The third-order valence-electron chi connectivity index (χ3n) is 2.35. The average Bonchev–Trinajstić information content (AvgIpc) is 2.26. The smallest absolute Gasteiger partial charge is 0.337 e. The van der Waals surface area contributed by atoms with Crippen LogP contribution in [0, 0.1) is 0 Å². The van der Waals surface area contributed by atoms with Crippen LogP contribution in [-0.2, 0) is 0 Å². The third kappa shape index (κ3) is 3.23. The fraction of sp³-hybridized carbons (Fsp3) is 0.455. The van der Waals surface area contributed by atoms with Crippen molar-refractivity contribution in [2.24, 2.45) is 0 Å². The number of aromatic nitrogens is 1. The number of nitrogens with zero attached hydrogens (tertiary/aromatic N) is 1. The summed E-state index contributed by atoms with van der Waals surface area (Å²) in [5.41, 5.74) is 0.213. The zero-order valence-electron chi connectivity index (χ0n) is 9.03. The van der Waals surface area contributed by atoms with E-state index in [1.807, 2.05) is 0 Å². The molecule has 0 aliphatic rings. The highest BCUT2D eigenvalue weighted by Gasteiger charge is 2.05. The van der Waals surface area contributed by atoms with Crippen molar-refractivity contribution < 1.29 is 9.90 Å². The van der Waals surface area contributed by atoms with Gasteiger partial charge in [-0.1, -0.05) is 13.8 Å². The van der Waals surface area contributed by atoms with E-state index in [0.29, 0.717) is 6.04 Å². The van der Waals surface area contributed by atoms with Gasteiger partial charge < -0.3 is 10.4 Å². The average molecular weight is 208 g/mol. The van der Waals surface area contributed by atoms with Gasteiger partial charge in [0.05, 0.1) is 5.56 Å². The molecule has 0 aliphatic heterocycles. The molecule has 0 amide bonds. The molecule has 15 heavy (non-hydrogen) atoms. The molecule has 0 fully saturated rings. The number of carboxylic acids is 1. The molecule has 0 aromatic carbocycles. The molecular formula is C11H16N2O2.